The van der Waals surface area contributed by atoms with E-state index in [0.29, 0.717) is 29.0 Å². The minimum absolute atomic E-state index is 0.0658. The minimum Gasteiger partial charge on any atom is -0.497 e. The van der Waals surface area contributed by atoms with E-state index in [1.165, 1.54) is 13.3 Å². The number of aromatic nitrogens is 1. The van der Waals surface area contributed by atoms with E-state index in [0.717, 1.165) is 15.6 Å². The number of esters is 1. The number of hydrogen-bond donors (Lipinski definition) is 0. The molecule has 176 valence electrons. The SMILES string of the molecule is CCOC(=O)c1cnc(N(Cc2ccc(OC)cc2C)S(=O)(=O)c2cc(Cl)c(F)cc2F)s1. The van der Waals surface area contributed by atoms with Crippen LogP contribution in [0.25, 0.3) is 0 Å². The van der Waals surface area contributed by atoms with Gasteiger partial charge in [-0.1, -0.05) is 29.0 Å². The number of carbonyl (C=O) groups excluding carboxylic acids is 1. The molecule has 0 saturated carbocycles. The van der Waals surface area contributed by atoms with E-state index in [4.69, 9.17) is 21.1 Å². The lowest BCUT2D eigenvalue weighted by Crippen LogP contribution is -2.31. The van der Waals surface area contributed by atoms with Gasteiger partial charge in [0, 0.05) is 6.07 Å². The molecule has 0 saturated heterocycles. The Kier molecular flexibility index (Phi) is 7.55. The second-order valence-corrected chi connectivity index (χ2v) is 9.98. The zero-order valence-corrected chi connectivity index (χ0v) is 20.2. The molecule has 3 aromatic rings. The average molecular weight is 517 g/mol. The van der Waals surface area contributed by atoms with Crippen LogP contribution in [0.5, 0.6) is 5.75 Å². The Morgan fingerprint density at radius 3 is 2.58 bits per heavy atom. The van der Waals surface area contributed by atoms with Crippen LogP contribution in [0.15, 0.2) is 41.4 Å². The van der Waals surface area contributed by atoms with Gasteiger partial charge >= 0.3 is 5.97 Å². The molecule has 7 nitrogen and oxygen atoms in total. The summed E-state index contributed by atoms with van der Waals surface area (Å²) in [7, 11) is -3.11. The second-order valence-electron chi connectivity index (χ2n) is 6.73. The summed E-state index contributed by atoms with van der Waals surface area (Å²) in [6.07, 6.45) is 1.18. The van der Waals surface area contributed by atoms with Gasteiger partial charge in [-0.2, -0.15) is 0 Å². The maximum Gasteiger partial charge on any atom is 0.350 e. The maximum absolute atomic E-state index is 14.5. The molecule has 2 aromatic carbocycles. The fraction of sp³-hybridized carbons (Fsp3) is 0.238. The Morgan fingerprint density at radius 2 is 1.94 bits per heavy atom. The molecule has 0 atom stereocenters. The van der Waals surface area contributed by atoms with E-state index in [1.807, 2.05) is 0 Å². The van der Waals surface area contributed by atoms with E-state index in [1.54, 1.807) is 32.0 Å². The molecule has 12 heteroatoms. The first-order chi connectivity index (χ1) is 15.6. The number of carbonyl (C=O) groups is 1. The van der Waals surface area contributed by atoms with Crippen LogP contribution in [0.3, 0.4) is 0 Å². The van der Waals surface area contributed by atoms with Crippen LogP contribution in [0.4, 0.5) is 13.9 Å². The third-order valence-electron chi connectivity index (χ3n) is 4.59. The molecule has 0 spiro atoms. The van der Waals surface area contributed by atoms with Gasteiger partial charge in [0.25, 0.3) is 10.0 Å². The van der Waals surface area contributed by atoms with E-state index < -0.39 is 37.5 Å². The molecule has 0 aliphatic carbocycles. The number of rotatable bonds is 8. The molecule has 3 rings (SSSR count). The average Bonchev–Trinajstić information content (AvgIpc) is 3.25. The Labute approximate surface area is 198 Å². The van der Waals surface area contributed by atoms with Crippen LogP contribution in [0, 0.1) is 18.6 Å². The normalized spacial score (nSPS) is 11.3. The van der Waals surface area contributed by atoms with Crippen molar-refractivity contribution in [2.45, 2.75) is 25.3 Å². The minimum atomic E-state index is -4.61. The molecule has 0 bridgehead atoms. The zero-order valence-electron chi connectivity index (χ0n) is 17.8. The van der Waals surface area contributed by atoms with Gasteiger partial charge in [0.2, 0.25) is 0 Å². The summed E-state index contributed by atoms with van der Waals surface area (Å²) >= 11 is 6.49. The van der Waals surface area contributed by atoms with Gasteiger partial charge in [-0.25, -0.2) is 31.3 Å². The topological polar surface area (TPSA) is 85.8 Å². The van der Waals surface area contributed by atoms with Gasteiger partial charge in [-0.05, 0) is 43.2 Å². The van der Waals surface area contributed by atoms with Crippen LogP contribution >= 0.6 is 22.9 Å². The van der Waals surface area contributed by atoms with Gasteiger partial charge in [0.05, 0.1) is 31.5 Å². The Balaban J connectivity index is 2.13. The number of benzene rings is 2. The van der Waals surface area contributed by atoms with Crippen LogP contribution in [0.1, 0.15) is 27.7 Å². The highest BCUT2D eigenvalue weighted by atomic mass is 35.5. The summed E-state index contributed by atoms with van der Waals surface area (Å²) in [5.74, 6) is -2.50. The monoisotopic (exact) mass is 516 g/mol. The van der Waals surface area contributed by atoms with Crippen molar-refractivity contribution in [3.8, 4) is 5.75 Å². The summed E-state index contributed by atoms with van der Waals surface area (Å²) in [4.78, 5) is 15.4. The predicted octanol–water partition coefficient (Wildman–Crippen LogP) is 4.96. The first-order valence-electron chi connectivity index (χ1n) is 9.52. The largest absolute Gasteiger partial charge is 0.497 e. The first-order valence-corrected chi connectivity index (χ1v) is 12.2. The van der Waals surface area contributed by atoms with Gasteiger partial charge in [0.1, 0.15) is 27.2 Å². The molecular formula is C21H19ClF2N2O5S2. The van der Waals surface area contributed by atoms with Crippen LogP contribution in [-0.4, -0.2) is 33.1 Å². The molecule has 1 aromatic heterocycles. The number of halogens is 3. The third kappa shape index (κ3) is 5.26. The van der Waals surface area contributed by atoms with E-state index in [2.05, 4.69) is 4.98 Å². The summed E-state index contributed by atoms with van der Waals surface area (Å²) in [5, 5.41) is -0.657. The van der Waals surface area contributed by atoms with Crippen LogP contribution < -0.4 is 9.04 Å². The van der Waals surface area contributed by atoms with Crippen molar-refractivity contribution >= 4 is 44.1 Å². The number of nitrogens with zero attached hydrogens (tertiary/aromatic N) is 2. The van der Waals surface area contributed by atoms with Crippen LogP contribution in [0.2, 0.25) is 5.02 Å². The predicted molar refractivity (Wildman–Crippen MR) is 121 cm³/mol. The standard InChI is InChI=1S/C21H19ClF2N2O5S2/c1-4-31-20(27)18-10-25-21(32-18)26(11-13-5-6-14(30-3)7-12(13)2)33(28,29)19-8-15(22)16(23)9-17(19)24/h5-10H,4,11H2,1-3H3. The summed E-state index contributed by atoms with van der Waals surface area (Å²) in [6.45, 7) is 3.26. The molecule has 0 radical (unpaired) electrons. The van der Waals surface area contributed by atoms with Crippen molar-refractivity contribution in [1.82, 2.24) is 4.98 Å². The number of anilines is 1. The van der Waals surface area contributed by atoms with E-state index >= 15 is 0 Å². The highest BCUT2D eigenvalue weighted by Crippen LogP contribution is 2.33. The number of hydrogen-bond acceptors (Lipinski definition) is 7. The van der Waals surface area contributed by atoms with E-state index in [9.17, 15) is 22.0 Å². The van der Waals surface area contributed by atoms with Crippen molar-refractivity contribution in [2.24, 2.45) is 0 Å². The summed E-state index contributed by atoms with van der Waals surface area (Å²) in [5.41, 5.74) is 1.27. The fourth-order valence-electron chi connectivity index (χ4n) is 2.88. The molecule has 0 aliphatic heterocycles. The molecule has 0 fully saturated rings. The maximum atomic E-state index is 14.5. The van der Waals surface area contributed by atoms with Gasteiger partial charge in [-0.3, -0.25) is 0 Å². The zero-order chi connectivity index (χ0) is 24.3. The fourth-order valence-corrected chi connectivity index (χ4v) is 5.60. The molecule has 0 unspecified atom stereocenters. The summed E-state index contributed by atoms with van der Waals surface area (Å²) in [6, 6.07) is 6.12. The lowest BCUT2D eigenvalue weighted by molar-refractivity contribution is 0.0532. The Morgan fingerprint density at radius 1 is 1.21 bits per heavy atom. The van der Waals surface area contributed by atoms with Gasteiger partial charge in [0.15, 0.2) is 5.13 Å². The van der Waals surface area contributed by atoms with Crippen LogP contribution in [-0.2, 0) is 21.3 Å². The second kappa shape index (κ2) is 10.0. The molecule has 0 N–H and O–H groups in total. The highest BCUT2D eigenvalue weighted by molar-refractivity contribution is 7.93. The number of sulfonamides is 1. The number of aryl methyl sites for hydroxylation is 1. The van der Waals surface area contributed by atoms with Gasteiger partial charge < -0.3 is 9.47 Å². The molecule has 0 aliphatic rings. The Bertz CT molecular complexity index is 1300. The smallest absolute Gasteiger partial charge is 0.350 e. The lowest BCUT2D eigenvalue weighted by Gasteiger charge is -2.23. The van der Waals surface area contributed by atoms with Gasteiger partial charge in [-0.15, -0.1) is 0 Å². The number of methoxy groups -OCH3 is 1. The molecule has 1 heterocycles. The Hall–Kier alpha value is -2.76. The third-order valence-corrected chi connectivity index (χ3v) is 7.75. The lowest BCUT2D eigenvalue weighted by atomic mass is 10.1. The van der Waals surface area contributed by atoms with Crippen molar-refractivity contribution < 1.29 is 31.5 Å². The number of ether oxygens (including phenoxy) is 2. The highest BCUT2D eigenvalue weighted by Gasteiger charge is 2.32. The van der Waals surface area contributed by atoms with Crippen molar-refractivity contribution in [3.63, 3.8) is 0 Å². The van der Waals surface area contributed by atoms with Crippen molar-refractivity contribution in [3.05, 3.63) is 69.2 Å². The number of thiazole rings is 1. The molecular weight excluding hydrogens is 498 g/mol. The van der Waals surface area contributed by atoms with E-state index in [-0.39, 0.29) is 23.2 Å². The first kappa shape index (κ1) is 24.9. The quantitative estimate of drug-likeness (QED) is 0.310. The summed E-state index contributed by atoms with van der Waals surface area (Å²) < 4.78 is 66.1. The molecule has 33 heavy (non-hydrogen) atoms. The van der Waals surface area contributed by atoms with Crippen molar-refractivity contribution in [1.29, 1.82) is 0 Å². The molecule has 0 amide bonds. The van der Waals surface area contributed by atoms with Crippen molar-refractivity contribution in [2.75, 3.05) is 18.0 Å².